The van der Waals surface area contributed by atoms with Crippen LogP contribution in [0.1, 0.15) is 60.0 Å². The van der Waals surface area contributed by atoms with E-state index in [-0.39, 0.29) is 33.8 Å². The Bertz CT molecular complexity index is 1680. The fourth-order valence-electron chi connectivity index (χ4n) is 5.52. The highest BCUT2D eigenvalue weighted by atomic mass is 35.5. The second kappa shape index (κ2) is 11.4. The first-order chi connectivity index (χ1) is 19.5. The first-order valence-corrected chi connectivity index (χ1v) is 15.1. The molecule has 0 saturated carbocycles. The molecule has 1 aromatic carbocycles. The molecule has 0 spiro atoms. The Balaban J connectivity index is 1.50. The largest absolute Gasteiger partial charge is 0.377 e. The van der Waals surface area contributed by atoms with Crippen LogP contribution in [-0.2, 0) is 19.5 Å². The van der Waals surface area contributed by atoms with Gasteiger partial charge in [-0.25, -0.2) is 9.97 Å². The molecule has 1 atom stereocenters. The lowest BCUT2D eigenvalue weighted by molar-refractivity contribution is 0.0980. The predicted octanol–water partition coefficient (Wildman–Crippen LogP) is 4.76. The van der Waals surface area contributed by atoms with E-state index in [1.54, 1.807) is 30.0 Å². The van der Waals surface area contributed by atoms with Crippen molar-refractivity contribution >= 4 is 52.0 Å². The Morgan fingerprint density at radius 1 is 1.15 bits per heavy atom. The number of pyridine rings is 1. The number of piperidine rings is 1. The summed E-state index contributed by atoms with van der Waals surface area (Å²) in [4.78, 5) is 37.9. The minimum absolute atomic E-state index is 0.0267. The van der Waals surface area contributed by atoms with E-state index in [1.165, 1.54) is 11.9 Å². The van der Waals surface area contributed by atoms with Crippen molar-refractivity contribution < 1.29 is 4.79 Å². The zero-order valence-electron chi connectivity index (χ0n) is 24.2. The maximum absolute atomic E-state index is 13.7. The first kappa shape index (κ1) is 28.9. The maximum Gasteiger partial charge on any atom is 0.281 e. The van der Waals surface area contributed by atoms with Gasteiger partial charge in [0.05, 0.1) is 28.3 Å². The van der Waals surface area contributed by atoms with Crippen molar-refractivity contribution in [2.24, 2.45) is 14.1 Å². The lowest BCUT2D eigenvalue weighted by atomic mass is 9.78. The number of hydrogen-bond donors (Lipinski definition) is 2. The van der Waals surface area contributed by atoms with Gasteiger partial charge in [-0.15, -0.1) is 0 Å². The Hall–Kier alpha value is -3.57. The van der Waals surface area contributed by atoms with E-state index in [0.717, 1.165) is 42.8 Å². The van der Waals surface area contributed by atoms with Crippen molar-refractivity contribution in [3.63, 3.8) is 0 Å². The van der Waals surface area contributed by atoms with Crippen LogP contribution in [0.2, 0.25) is 5.15 Å². The van der Waals surface area contributed by atoms with Crippen molar-refractivity contribution in [3.8, 4) is 0 Å². The Kier molecular flexibility index (Phi) is 8.02. The van der Waals surface area contributed by atoms with Gasteiger partial charge in [0.15, 0.2) is 5.69 Å². The van der Waals surface area contributed by atoms with Gasteiger partial charge in [0, 0.05) is 50.6 Å². The predicted molar refractivity (Wildman–Crippen MR) is 166 cm³/mol. The van der Waals surface area contributed by atoms with Gasteiger partial charge in [-0.2, -0.15) is 5.10 Å². The number of nitrogens with one attached hydrogen (secondary N) is 2. The molecule has 0 radical (unpaired) electrons. The molecule has 10 nitrogen and oxygen atoms in total. The minimum atomic E-state index is -0.346. The molecule has 1 fully saturated rings. The molecule has 1 unspecified atom stereocenters. The van der Waals surface area contributed by atoms with Crippen LogP contribution in [0.5, 0.6) is 0 Å². The average Bonchev–Trinajstić information content (AvgIpc) is 3.39. The molecule has 12 heteroatoms. The average molecular weight is 595 g/mol. The van der Waals surface area contributed by atoms with Crippen LogP contribution in [0.4, 0.5) is 11.6 Å². The zero-order valence-corrected chi connectivity index (χ0v) is 25.7. The number of amides is 1. The van der Waals surface area contributed by atoms with Crippen LogP contribution in [0.25, 0.3) is 10.9 Å². The summed E-state index contributed by atoms with van der Waals surface area (Å²) in [5.74, 6) is 0.303. The molecule has 5 rings (SSSR count). The highest BCUT2D eigenvalue weighted by Crippen LogP contribution is 2.36. The van der Waals surface area contributed by atoms with Gasteiger partial charge in [0.1, 0.15) is 5.15 Å². The lowest BCUT2D eigenvalue weighted by Gasteiger charge is -2.39. The molecule has 1 amide bonds. The number of fused-ring (bicyclic) bond motifs is 1. The minimum Gasteiger partial charge on any atom is -0.377 e. The molecule has 3 aromatic heterocycles. The SMILES string of the molecule is CSNC(=O)c1nc(Cl)ccc1NC(C)c1cc(C)cc2c(=O)n(C)c(N3CCC(C)(c4ccn(C)n4)CC3)nc12. The summed E-state index contributed by atoms with van der Waals surface area (Å²) < 4.78 is 6.21. The summed E-state index contributed by atoms with van der Waals surface area (Å²) in [6.07, 6.45) is 5.56. The van der Waals surface area contributed by atoms with Crippen LogP contribution in [0.3, 0.4) is 0 Å². The fourth-order valence-corrected chi connectivity index (χ4v) is 5.95. The number of halogens is 1. The standard InChI is InChI=1S/C29H35ClN8O2S/c1-17-15-19(18(2)31-21-7-8-23(30)32-25(21)26(39)35-41-6)24-20(16-17)27(40)37(5)28(33-24)38-13-10-29(3,11-14-38)22-9-12-36(4)34-22/h7-9,12,15-16,18,31H,10-11,13-14H2,1-6H3,(H,35,39). The number of benzene rings is 1. The summed E-state index contributed by atoms with van der Waals surface area (Å²) in [7, 11) is 3.73. The van der Waals surface area contributed by atoms with E-state index >= 15 is 0 Å². The van der Waals surface area contributed by atoms with Gasteiger partial charge in [0.2, 0.25) is 5.95 Å². The molecule has 41 heavy (non-hydrogen) atoms. The van der Waals surface area contributed by atoms with Crippen molar-refractivity contribution in [1.82, 2.24) is 29.0 Å². The van der Waals surface area contributed by atoms with Gasteiger partial charge >= 0.3 is 0 Å². The van der Waals surface area contributed by atoms with E-state index < -0.39 is 0 Å². The number of aryl methyl sites for hydroxylation is 2. The summed E-state index contributed by atoms with van der Waals surface area (Å²) >= 11 is 7.30. The number of carbonyl (C=O) groups excluding carboxylic acids is 1. The van der Waals surface area contributed by atoms with Crippen molar-refractivity contribution in [2.45, 2.75) is 45.1 Å². The van der Waals surface area contributed by atoms with E-state index in [1.807, 2.05) is 43.9 Å². The topological polar surface area (TPSA) is 110 Å². The highest BCUT2D eigenvalue weighted by molar-refractivity contribution is 7.97. The van der Waals surface area contributed by atoms with Gasteiger partial charge in [-0.1, -0.05) is 36.5 Å². The van der Waals surface area contributed by atoms with Gasteiger partial charge in [-0.05, 0) is 56.5 Å². The van der Waals surface area contributed by atoms with Crippen LogP contribution in [0.15, 0.2) is 41.3 Å². The number of rotatable bonds is 7. The number of anilines is 2. The third-order valence-corrected chi connectivity index (χ3v) is 8.52. The second-order valence-corrected chi connectivity index (χ2v) is 12.0. The molecule has 4 heterocycles. The number of hydrogen-bond acceptors (Lipinski definition) is 8. The Labute approximate surface area is 248 Å². The molecule has 4 aromatic rings. The molecule has 0 bridgehead atoms. The monoisotopic (exact) mass is 594 g/mol. The van der Waals surface area contributed by atoms with Gasteiger partial charge < -0.3 is 10.2 Å². The van der Waals surface area contributed by atoms with Crippen molar-refractivity contribution in [3.05, 3.63) is 74.6 Å². The number of nitrogens with zero attached hydrogens (tertiary/aromatic N) is 6. The summed E-state index contributed by atoms with van der Waals surface area (Å²) in [6, 6.07) is 9.11. The normalized spacial score (nSPS) is 15.6. The third-order valence-electron chi connectivity index (χ3n) is 7.92. The van der Waals surface area contributed by atoms with Crippen LogP contribution in [0, 0.1) is 6.92 Å². The quantitative estimate of drug-likeness (QED) is 0.233. The molecule has 2 N–H and O–H groups in total. The number of carbonyl (C=O) groups is 1. The molecule has 1 aliphatic heterocycles. The second-order valence-electron chi connectivity index (χ2n) is 11.0. The van der Waals surface area contributed by atoms with Crippen molar-refractivity contribution in [2.75, 3.05) is 29.6 Å². The molecule has 216 valence electrons. The van der Waals surface area contributed by atoms with Crippen LogP contribution >= 0.6 is 23.5 Å². The van der Waals surface area contributed by atoms with Crippen molar-refractivity contribution in [1.29, 1.82) is 0 Å². The Morgan fingerprint density at radius 2 is 1.88 bits per heavy atom. The first-order valence-electron chi connectivity index (χ1n) is 13.5. The highest BCUT2D eigenvalue weighted by Gasteiger charge is 2.35. The van der Waals surface area contributed by atoms with Crippen LogP contribution in [-0.4, -0.2) is 49.6 Å². The van der Waals surface area contributed by atoms with Gasteiger partial charge in [-0.3, -0.25) is 23.6 Å². The Morgan fingerprint density at radius 3 is 2.54 bits per heavy atom. The third kappa shape index (κ3) is 5.65. The molecule has 1 aliphatic rings. The molecular formula is C29H35ClN8O2S. The number of aromatic nitrogens is 5. The van der Waals surface area contributed by atoms with Gasteiger partial charge in [0.25, 0.3) is 11.5 Å². The fraction of sp³-hybridized carbons (Fsp3) is 0.414. The molecule has 1 saturated heterocycles. The van der Waals surface area contributed by atoms with E-state index in [4.69, 9.17) is 16.6 Å². The maximum atomic E-state index is 13.7. The summed E-state index contributed by atoms with van der Waals surface area (Å²) in [6.45, 7) is 7.73. The zero-order chi connectivity index (χ0) is 29.5. The smallest absolute Gasteiger partial charge is 0.281 e. The summed E-state index contributed by atoms with van der Waals surface area (Å²) in [5.41, 5.74) is 4.17. The molecular weight excluding hydrogens is 560 g/mol. The lowest BCUT2D eigenvalue weighted by Crippen LogP contribution is -2.43. The van der Waals surface area contributed by atoms with Crippen LogP contribution < -0.4 is 20.5 Å². The van der Waals surface area contributed by atoms with E-state index in [9.17, 15) is 9.59 Å². The van der Waals surface area contributed by atoms with E-state index in [0.29, 0.717) is 22.5 Å². The summed E-state index contributed by atoms with van der Waals surface area (Å²) in [5, 5.41) is 8.87. The van der Waals surface area contributed by atoms with E-state index in [2.05, 4.69) is 38.0 Å². The molecule has 0 aliphatic carbocycles.